The van der Waals surface area contributed by atoms with Gasteiger partial charge in [-0.15, -0.1) is 0 Å². The third kappa shape index (κ3) is 4.55. The van der Waals surface area contributed by atoms with E-state index in [4.69, 9.17) is 10.2 Å². The maximum Gasteiger partial charge on any atom is 0.335 e. The molecule has 0 aliphatic heterocycles. The lowest BCUT2D eigenvalue weighted by atomic mass is 10.1. The number of carboxylic acid groups (broad SMARTS) is 1. The second kappa shape index (κ2) is 7.16. The van der Waals surface area contributed by atoms with Crippen molar-refractivity contribution in [2.24, 2.45) is 5.92 Å². The van der Waals surface area contributed by atoms with Crippen molar-refractivity contribution in [3.8, 4) is 0 Å². The fourth-order valence-electron chi connectivity index (χ4n) is 1.50. The lowest BCUT2D eigenvalue weighted by Crippen LogP contribution is -2.29. The van der Waals surface area contributed by atoms with Crippen molar-refractivity contribution in [1.82, 2.24) is 4.72 Å². The molecule has 0 spiro atoms. The van der Waals surface area contributed by atoms with Gasteiger partial charge in [0.25, 0.3) is 0 Å². The van der Waals surface area contributed by atoms with Crippen LogP contribution in [0.5, 0.6) is 0 Å². The van der Waals surface area contributed by atoms with E-state index in [9.17, 15) is 13.2 Å². The number of benzene rings is 1. The maximum atomic E-state index is 12.1. The molecule has 0 bridgehead atoms. The summed E-state index contributed by atoms with van der Waals surface area (Å²) < 4.78 is 26.8. The van der Waals surface area contributed by atoms with Crippen molar-refractivity contribution in [3.63, 3.8) is 0 Å². The Morgan fingerprint density at radius 2 is 2.10 bits per heavy atom. The van der Waals surface area contributed by atoms with Crippen LogP contribution in [0.2, 0.25) is 0 Å². The number of aromatic carboxylic acids is 1. The number of hydrogen-bond donors (Lipinski definition) is 3. The summed E-state index contributed by atoms with van der Waals surface area (Å²) in [6.45, 7) is 2.03. The Balaban J connectivity index is 2.90. The molecule has 0 aliphatic carbocycles. The van der Waals surface area contributed by atoms with E-state index in [2.05, 4.69) is 20.7 Å². The van der Waals surface area contributed by atoms with Crippen molar-refractivity contribution >= 4 is 31.9 Å². The van der Waals surface area contributed by atoms with Crippen LogP contribution in [0.1, 0.15) is 23.7 Å². The van der Waals surface area contributed by atoms with Crippen LogP contribution in [-0.2, 0) is 10.0 Å². The standard InChI is InChI=1S/C12H16BrNO5S/c1-8(4-5-15)7-14-20(18,19)11-3-2-9(12(16)17)6-10(11)13/h2-3,6,8,14-15H,4-5,7H2,1H3,(H,16,17). The Hall–Kier alpha value is -0.960. The molecule has 1 unspecified atom stereocenters. The van der Waals surface area contributed by atoms with E-state index in [1.165, 1.54) is 18.2 Å². The van der Waals surface area contributed by atoms with Gasteiger partial charge < -0.3 is 10.2 Å². The molecule has 3 N–H and O–H groups in total. The average molecular weight is 366 g/mol. The summed E-state index contributed by atoms with van der Waals surface area (Å²) in [6, 6.07) is 3.72. The molecule has 0 aromatic heterocycles. The molecule has 6 nitrogen and oxygen atoms in total. The highest BCUT2D eigenvalue weighted by molar-refractivity contribution is 9.10. The van der Waals surface area contributed by atoms with E-state index >= 15 is 0 Å². The highest BCUT2D eigenvalue weighted by Gasteiger charge is 2.19. The minimum atomic E-state index is -3.72. The summed E-state index contributed by atoms with van der Waals surface area (Å²) in [4.78, 5) is 10.8. The molecule has 8 heteroatoms. The molecule has 0 fully saturated rings. The smallest absolute Gasteiger partial charge is 0.335 e. The summed E-state index contributed by atoms with van der Waals surface area (Å²) >= 11 is 3.07. The maximum absolute atomic E-state index is 12.1. The molecular weight excluding hydrogens is 350 g/mol. The SMILES string of the molecule is CC(CCO)CNS(=O)(=O)c1ccc(C(=O)O)cc1Br. The number of hydrogen-bond acceptors (Lipinski definition) is 4. The van der Waals surface area contributed by atoms with Gasteiger partial charge >= 0.3 is 5.97 Å². The predicted molar refractivity (Wildman–Crippen MR) is 77.2 cm³/mol. The molecule has 0 aliphatic rings. The number of sulfonamides is 1. The molecule has 0 radical (unpaired) electrons. The quantitative estimate of drug-likeness (QED) is 0.678. The first-order valence-electron chi connectivity index (χ1n) is 5.91. The second-order valence-electron chi connectivity index (χ2n) is 4.42. The summed E-state index contributed by atoms with van der Waals surface area (Å²) in [5.74, 6) is -1.12. The van der Waals surface area contributed by atoms with E-state index < -0.39 is 16.0 Å². The van der Waals surface area contributed by atoms with Gasteiger partial charge in [-0.05, 0) is 46.5 Å². The zero-order valence-corrected chi connectivity index (χ0v) is 13.2. The average Bonchev–Trinajstić information content (AvgIpc) is 2.36. The largest absolute Gasteiger partial charge is 0.478 e. The number of aliphatic hydroxyl groups excluding tert-OH is 1. The summed E-state index contributed by atoms with van der Waals surface area (Å²) in [5, 5.41) is 17.6. The van der Waals surface area contributed by atoms with Gasteiger partial charge in [-0.2, -0.15) is 0 Å². The molecule has 1 aromatic carbocycles. The van der Waals surface area contributed by atoms with Gasteiger partial charge in [-0.3, -0.25) is 0 Å². The molecule has 0 amide bonds. The number of carboxylic acids is 1. The molecule has 0 saturated carbocycles. The van der Waals surface area contributed by atoms with Gasteiger partial charge in [0.2, 0.25) is 10.0 Å². The first-order valence-corrected chi connectivity index (χ1v) is 8.19. The summed E-state index contributed by atoms with van der Waals surface area (Å²) in [5.41, 5.74) is 0.00414. The highest BCUT2D eigenvalue weighted by atomic mass is 79.9. The Labute approximate surface area is 126 Å². The van der Waals surface area contributed by atoms with Gasteiger partial charge in [0.05, 0.1) is 10.5 Å². The Morgan fingerprint density at radius 1 is 1.45 bits per heavy atom. The molecule has 1 rings (SSSR count). The molecule has 1 atom stereocenters. The van der Waals surface area contributed by atoms with Gasteiger partial charge in [-0.1, -0.05) is 6.92 Å². The van der Waals surface area contributed by atoms with Crippen molar-refractivity contribution in [2.75, 3.05) is 13.2 Å². The van der Waals surface area contributed by atoms with Gasteiger partial charge in [-0.25, -0.2) is 17.9 Å². The van der Waals surface area contributed by atoms with E-state index in [-0.39, 0.29) is 34.0 Å². The van der Waals surface area contributed by atoms with Crippen LogP contribution in [0.15, 0.2) is 27.6 Å². The first kappa shape index (κ1) is 17.1. The predicted octanol–water partition coefficient (Wildman–Crippen LogP) is 1.44. The Bertz CT molecular complexity index is 588. The first-order chi connectivity index (χ1) is 9.27. The van der Waals surface area contributed by atoms with E-state index in [1.54, 1.807) is 0 Å². The third-order valence-electron chi connectivity index (χ3n) is 2.71. The number of aliphatic hydroxyl groups is 1. The third-order valence-corrected chi connectivity index (χ3v) is 5.11. The normalized spacial score (nSPS) is 13.2. The van der Waals surface area contributed by atoms with E-state index in [0.717, 1.165) is 0 Å². The molecule has 20 heavy (non-hydrogen) atoms. The van der Waals surface area contributed by atoms with Crippen LogP contribution >= 0.6 is 15.9 Å². The highest BCUT2D eigenvalue weighted by Crippen LogP contribution is 2.23. The van der Waals surface area contributed by atoms with Crippen molar-refractivity contribution in [3.05, 3.63) is 28.2 Å². The fourth-order valence-corrected chi connectivity index (χ4v) is 3.74. The lowest BCUT2D eigenvalue weighted by molar-refractivity contribution is 0.0696. The monoisotopic (exact) mass is 365 g/mol. The number of rotatable bonds is 7. The van der Waals surface area contributed by atoms with Crippen molar-refractivity contribution in [2.45, 2.75) is 18.2 Å². The number of nitrogens with one attached hydrogen (secondary N) is 1. The summed E-state index contributed by atoms with van der Waals surface area (Å²) in [6.07, 6.45) is 0.502. The van der Waals surface area contributed by atoms with E-state index in [0.29, 0.717) is 6.42 Å². The molecule has 0 heterocycles. The summed E-state index contributed by atoms with van der Waals surface area (Å²) in [7, 11) is -3.72. The Kier molecular flexibility index (Phi) is 6.12. The molecule has 112 valence electrons. The van der Waals surface area contributed by atoms with Crippen LogP contribution in [0.4, 0.5) is 0 Å². The van der Waals surface area contributed by atoms with Crippen LogP contribution < -0.4 is 4.72 Å². The fraction of sp³-hybridized carbons (Fsp3) is 0.417. The zero-order valence-electron chi connectivity index (χ0n) is 10.8. The minimum Gasteiger partial charge on any atom is -0.478 e. The van der Waals surface area contributed by atoms with Crippen LogP contribution in [0, 0.1) is 5.92 Å². The topological polar surface area (TPSA) is 104 Å². The lowest BCUT2D eigenvalue weighted by Gasteiger charge is -2.12. The molecule has 1 aromatic rings. The van der Waals surface area contributed by atoms with Crippen molar-refractivity contribution < 1.29 is 23.4 Å². The Morgan fingerprint density at radius 3 is 2.60 bits per heavy atom. The second-order valence-corrected chi connectivity index (χ2v) is 7.01. The van der Waals surface area contributed by atoms with E-state index in [1.807, 2.05) is 6.92 Å². The van der Waals surface area contributed by atoms with Crippen LogP contribution in [0.3, 0.4) is 0 Å². The van der Waals surface area contributed by atoms with Gasteiger partial charge in [0, 0.05) is 17.6 Å². The number of carbonyl (C=O) groups is 1. The minimum absolute atomic E-state index is 0.000102. The molecule has 0 saturated heterocycles. The van der Waals surface area contributed by atoms with Gasteiger partial charge in [0.15, 0.2) is 0 Å². The van der Waals surface area contributed by atoms with Crippen LogP contribution in [-0.4, -0.2) is 37.8 Å². The van der Waals surface area contributed by atoms with Crippen LogP contribution in [0.25, 0.3) is 0 Å². The number of halogens is 1. The zero-order chi connectivity index (χ0) is 15.3. The van der Waals surface area contributed by atoms with Gasteiger partial charge in [0.1, 0.15) is 0 Å². The molecular formula is C12H16BrNO5S. The van der Waals surface area contributed by atoms with Crippen molar-refractivity contribution in [1.29, 1.82) is 0 Å².